The molecule has 1 saturated heterocycles. The van der Waals surface area contributed by atoms with E-state index in [9.17, 15) is 4.39 Å². The summed E-state index contributed by atoms with van der Waals surface area (Å²) in [6.45, 7) is 11.7. The Labute approximate surface area is 109 Å². The minimum Gasteiger partial charge on any atom is -0.399 e. The summed E-state index contributed by atoms with van der Waals surface area (Å²) in [6, 6.07) is 3.22. The highest BCUT2D eigenvalue weighted by atomic mass is 19.1. The van der Waals surface area contributed by atoms with Crippen molar-refractivity contribution in [2.45, 2.75) is 52.7 Å². The molecule has 1 aromatic rings. The zero-order valence-electron chi connectivity index (χ0n) is 11.9. The standard InChI is InChI=1S/C14H20BFO2/c1-9-10(2)12(16)8-7-11(9)15-17-13(3,4)14(5,6)18-15/h7-8H,1-6H3. The predicted octanol–water partition coefficient (Wildman–Crippen LogP) is 2.74. The lowest BCUT2D eigenvalue weighted by atomic mass is 9.75. The van der Waals surface area contributed by atoms with Gasteiger partial charge in [-0.2, -0.15) is 0 Å². The molecule has 0 unspecified atom stereocenters. The van der Waals surface area contributed by atoms with Crippen molar-refractivity contribution in [2.24, 2.45) is 0 Å². The van der Waals surface area contributed by atoms with Gasteiger partial charge in [0.05, 0.1) is 11.2 Å². The Kier molecular flexibility index (Phi) is 3.07. The van der Waals surface area contributed by atoms with E-state index in [4.69, 9.17) is 9.31 Å². The van der Waals surface area contributed by atoms with Crippen LogP contribution >= 0.6 is 0 Å². The van der Waals surface area contributed by atoms with Crippen LogP contribution in [0.15, 0.2) is 12.1 Å². The van der Waals surface area contributed by atoms with Crippen LogP contribution in [0.25, 0.3) is 0 Å². The summed E-state index contributed by atoms with van der Waals surface area (Å²) in [4.78, 5) is 0. The molecule has 0 aromatic heterocycles. The monoisotopic (exact) mass is 250 g/mol. The van der Waals surface area contributed by atoms with Gasteiger partial charge >= 0.3 is 7.12 Å². The lowest BCUT2D eigenvalue weighted by Crippen LogP contribution is -2.41. The fraction of sp³-hybridized carbons (Fsp3) is 0.571. The van der Waals surface area contributed by atoms with Crippen molar-refractivity contribution in [3.05, 3.63) is 29.1 Å². The highest BCUT2D eigenvalue weighted by Crippen LogP contribution is 2.36. The fourth-order valence-corrected chi connectivity index (χ4v) is 2.03. The molecule has 2 nitrogen and oxygen atoms in total. The molecule has 1 aliphatic rings. The smallest absolute Gasteiger partial charge is 0.399 e. The van der Waals surface area contributed by atoms with Crippen LogP contribution in [0.5, 0.6) is 0 Å². The van der Waals surface area contributed by atoms with E-state index in [1.807, 2.05) is 34.6 Å². The third kappa shape index (κ3) is 1.97. The van der Waals surface area contributed by atoms with Crippen molar-refractivity contribution in [2.75, 3.05) is 0 Å². The minimum atomic E-state index is -0.422. The third-order valence-electron chi connectivity index (χ3n) is 4.27. The van der Waals surface area contributed by atoms with Gasteiger partial charge in [-0.1, -0.05) is 6.07 Å². The molecule has 0 saturated carbocycles. The number of hydrogen-bond acceptors (Lipinski definition) is 2. The summed E-state index contributed by atoms with van der Waals surface area (Å²) >= 11 is 0. The van der Waals surface area contributed by atoms with Gasteiger partial charge in [-0.15, -0.1) is 0 Å². The van der Waals surface area contributed by atoms with Gasteiger partial charge in [-0.25, -0.2) is 4.39 Å². The van der Waals surface area contributed by atoms with E-state index in [-0.39, 0.29) is 17.0 Å². The second-order valence-electron chi connectivity index (χ2n) is 5.97. The average molecular weight is 250 g/mol. The maximum Gasteiger partial charge on any atom is 0.495 e. The number of halogens is 1. The van der Waals surface area contributed by atoms with Crippen molar-refractivity contribution < 1.29 is 13.7 Å². The van der Waals surface area contributed by atoms with Crippen LogP contribution in [0, 0.1) is 19.7 Å². The highest BCUT2D eigenvalue weighted by Gasteiger charge is 2.52. The molecule has 0 spiro atoms. The van der Waals surface area contributed by atoms with Gasteiger partial charge < -0.3 is 9.31 Å². The fourth-order valence-electron chi connectivity index (χ4n) is 2.03. The lowest BCUT2D eigenvalue weighted by Gasteiger charge is -2.32. The van der Waals surface area contributed by atoms with E-state index in [1.54, 1.807) is 13.0 Å². The Morgan fingerprint density at radius 2 is 1.44 bits per heavy atom. The second-order valence-corrected chi connectivity index (χ2v) is 5.97. The van der Waals surface area contributed by atoms with Crippen LogP contribution in [-0.4, -0.2) is 18.3 Å². The molecule has 18 heavy (non-hydrogen) atoms. The van der Waals surface area contributed by atoms with E-state index in [0.29, 0.717) is 5.56 Å². The first-order valence-corrected chi connectivity index (χ1v) is 6.27. The summed E-state index contributed by atoms with van der Waals surface area (Å²) in [5.74, 6) is -0.187. The van der Waals surface area contributed by atoms with Crippen molar-refractivity contribution in [1.29, 1.82) is 0 Å². The number of rotatable bonds is 1. The van der Waals surface area contributed by atoms with Gasteiger partial charge in [0.2, 0.25) is 0 Å². The quantitative estimate of drug-likeness (QED) is 0.713. The van der Waals surface area contributed by atoms with Crippen LogP contribution in [-0.2, 0) is 9.31 Å². The van der Waals surface area contributed by atoms with Crippen LogP contribution < -0.4 is 5.46 Å². The first-order chi connectivity index (χ1) is 8.16. The molecule has 0 bridgehead atoms. The Balaban J connectivity index is 2.39. The summed E-state index contributed by atoms with van der Waals surface area (Å²) in [6.07, 6.45) is 0. The van der Waals surface area contributed by atoms with Gasteiger partial charge in [0.25, 0.3) is 0 Å². The predicted molar refractivity (Wildman–Crippen MR) is 71.6 cm³/mol. The molecule has 1 fully saturated rings. The molecule has 2 rings (SSSR count). The van der Waals surface area contributed by atoms with E-state index in [2.05, 4.69) is 0 Å². The SMILES string of the molecule is Cc1c(F)ccc(B2OC(C)(C)C(C)(C)O2)c1C. The molecule has 1 heterocycles. The summed E-state index contributed by atoms with van der Waals surface area (Å²) < 4.78 is 25.4. The molecule has 0 radical (unpaired) electrons. The topological polar surface area (TPSA) is 18.5 Å². The van der Waals surface area contributed by atoms with E-state index >= 15 is 0 Å². The maximum absolute atomic E-state index is 13.5. The second kappa shape index (κ2) is 4.07. The summed E-state index contributed by atoms with van der Waals surface area (Å²) in [5, 5.41) is 0. The average Bonchev–Trinajstić information content (AvgIpc) is 2.45. The van der Waals surface area contributed by atoms with Gasteiger partial charge in [-0.3, -0.25) is 0 Å². The first-order valence-electron chi connectivity index (χ1n) is 6.27. The number of benzene rings is 1. The molecule has 0 aliphatic carbocycles. The van der Waals surface area contributed by atoms with Crippen LogP contribution in [0.2, 0.25) is 0 Å². The Bertz CT molecular complexity index is 467. The minimum absolute atomic E-state index is 0.187. The summed E-state index contributed by atoms with van der Waals surface area (Å²) in [5.41, 5.74) is 1.72. The molecule has 1 aromatic carbocycles. The Morgan fingerprint density at radius 1 is 0.944 bits per heavy atom. The molecule has 4 heteroatoms. The van der Waals surface area contributed by atoms with Gasteiger partial charge in [0.15, 0.2) is 0 Å². The number of hydrogen-bond donors (Lipinski definition) is 0. The Morgan fingerprint density at radius 3 is 1.94 bits per heavy atom. The van der Waals surface area contributed by atoms with Crippen molar-refractivity contribution in [3.63, 3.8) is 0 Å². The van der Waals surface area contributed by atoms with Crippen molar-refractivity contribution in [1.82, 2.24) is 0 Å². The molecular weight excluding hydrogens is 230 g/mol. The zero-order chi connectivity index (χ0) is 13.7. The largest absolute Gasteiger partial charge is 0.495 e. The molecule has 0 N–H and O–H groups in total. The van der Waals surface area contributed by atoms with Crippen molar-refractivity contribution in [3.8, 4) is 0 Å². The van der Waals surface area contributed by atoms with Gasteiger partial charge in [-0.05, 0) is 64.2 Å². The van der Waals surface area contributed by atoms with Crippen molar-refractivity contribution >= 4 is 12.6 Å². The molecule has 1 aliphatic heterocycles. The maximum atomic E-state index is 13.5. The lowest BCUT2D eigenvalue weighted by molar-refractivity contribution is 0.00578. The zero-order valence-corrected chi connectivity index (χ0v) is 11.9. The van der Waals surface area contributed by atoms with Crippen LogP contribution in [0.1, 0.15) is 38.8 Å². The first kappa shape index (κ1) is 13.6. The van der Waals surface area contributed by atoms with E-state index < -0.39 is 7.12 Å². The summed E-state index contributed by atoms with van der Waals surface area (Å²) in [7, 11) is -0.422. The molecule has 0 atom stereocenters. The van der Waals surface area contributed by atoms with E-state index in [1.165, 1.54) is 6.07 Å². The van der Waals surface area contributed by atoms with Crippen LogP contribution in [0.4, 0.5) is 4.39 Å². The molecule has 0 amide bonds. The van der Waals surface area contributed by atoms with Gasteiger partial charge in [0, 0.05) is 0 Å². The third-order valence-corrected chi connectivity index (χ3v) is 4.27. The van der Waals surface area contributed by atoms with Gasteiger partial charge in [0.1, 0.15) is 5.82 Å². The Hall–Kier alpha value is -0.865. The highest BCUT2D eigenvalue weighted by molar-refractivity contribution is 6.62. The molecule has 98 valence electrons. The molecular formula is C14H20BFO2. The van der Waals surface area contributed by atoms with Crippen LogP contribution in [0.3, 0.4) is 0 Å². The normalized spacial score (nSPS) is 21.4. The van der Waals surface area contributed by atoms with E-state index in [0.717, 1.165) is 11.0 Å².